The zero-order valence-corrected chi connectivity index (χ0v) is 11.3. The molecule has 4 heteroatoms. The number of nitrogens with two attached hydrogens (primary N) is 1. The monoisotopic (exact) mass is 262 g/mol. The Kier molecular flexibility index (Phi) is 4.73. The fraction of sp³-hybridized carbons (Fsp3) is 0.357. The Morgan fingerprint density at radius 3 is 2.72 bits per heavy atom. The first-order valence-electron chi connectivity index (χ1n) is 6.04. The number of methoxy groups -OCH3 is 1. The first-order chi connectivity index (χ1) is 8.78. The van der Waals surface area contributed by atoms with Gasteiger partial charge in [-0.25, -0.2) is 0 Å². The van der Waals surface area contributed by atoms with E-state index in [4.69, 9.17) is 10.5 Å². The molecule has 0 saturated heterocycles. The van der Waals surface area contributed by atoms with Crippen LogP contribution in [0.5, 0.6) is 5.75 Å². The van der Waals surface area contributed by atoms with Crippen LogP contribution in [0.4, 0.5) is 0 Å². The van der Waals surface area contributed by atoms with Crippen LogP contribution in [-0.2, 0) is 12.8 Å². The predicted molar refractivity (Wildman–Crippen MR) is 75.1 cm³/mol. The van der Waals surface area contributed by atoms with Crippen LogP contribution >= 0.6 is 11.3 Å². The lowest BCUT2D eigenvalue weighted by Gasteiger charge is -2.10. The van der Waals surface area contributed by atoms with Gasteiger partial charge in [0.25, 0.3) is 0 Å². The smallest absolute Gasteiger partial charge is 0.118 e. The van der Waals surface area contributed by atoms with E-state index in [-0.39, 0.29) is 6.04 Å². The van der Waals surface area contributed by atoms with Gasteiger partial charge in [0.05, 0.1) is 12.6 Å². The van der Waals surface area contributed by atoms with Crippen molar-refractivity contribution in [3.8, 4) is 5.75 Å². The Hall–Kier alpha value is -1.39. The topological polar surface area (TPSA) is 48.1 Å². The van der Waals surface area contributed by atoms with Crippen molar-refractivity contribution in [1.29, 1.82) is 0 Å². The molecule has 0 amide bonds. The third-order valence-corrected chi connectivity index (χ3v) is 3.71. The standard InChI is InChI=1S/C14H18N2OS/c1-17-13-6-3-11(4-7-13)2-5-12(15)8-14-9-16-10-18-14/h3-4,6-7,9-10,12H,2,5,8,15H2,1H3. The highest BCUT2D eigenvalue weighted by Crippen LogP contribution is 2.14. The molecule has 0 aliphatic heterocycles. The fourth-order valence-corrected chi connectivity index (χ4v) is 2.54. The maximum atomic E-state index is 6.12. The number of aryl methyl sites for hydroxylation is 1. The van der Waals surface area contributed by atoms with Crippen molar-refractivity contribution in [2.24, 2.45) is 5.73 Å². The predicted octanol–water partition coefficient (Wildman–Crippen LogP) is 2.65. The summed E-state index contributed by atoms with van der Waals surface area (Å²) in [5.74, 6) is 0.896. The maximum absolute atomic E-state index is 6.12. The first kappa shape index (κ1) is 13.1. The van der Waals surface area contributed by atoms with Crippen LogP contribution in [0.25, 0.3) is 0 Å². The maximum Gasteiger partial charge on any atom is 0.118 e. The van der Waals surface area contributed by atoms with Gasteiger partial charge in [0, 0.05) is 17.1 Å². The zero-order valence-electron chi connectivity index (χ0n) is 10.5. The molecule has 2 N–H and O–H groups in total. The van der Waals surface area contributed by atoms with Gasteiger partial charge in [0.1, 0.15) is 5.75 Å². The number of rotatable bonds is 6. The minimum Gasteiger partial charge on any atom is -0.497 e. The van der Waals surface area contributed by atoms with E-state index in [1.807, 2.05) is 23.8 Å². The average Bonchev–Trinajstić information content (AvgIpc) is 2.90. The fourth-order valence-electron chi connectivity index (χ4n) is 1.85. The van der Waals surface area contributed by atoms with Crippen LogP contribution in [0.3, 0.4) is 0 Å². The summed E-state index contributed by atoms with van der Waals surface area (Å²) >= 11 is 1.67. The molecule has 0 bridgehead atoms. The second-order valence-corrected chi connectivity index (χ2v) is 5.29. The molecular formula is C14H18N2OS. The number of thiazole rings is 1. The molecule has 0 aliphatic rings. The van der Waals surface area contributed by atoms with Gasteiger partial charge in [0.15, 0.2) is 0 Å². The van der Waals surface area contributed by atoms with Crippen LogP contribution < -0.4 is 10.5 Å². The summed E-state index contributed by atoms with van der Waals surface area (Å²) in [6, 6.07) is 8.37. The van der Waals surface area contributed by atoms with E-state index in [1.165, 1.54) is 10.4 Å². The van der Waals surface area contributed by atoms with Crippen LogP contribution in [0, 0.1) is 0 Å². The minimum absolute atomic E-state index is 0.201. The van der Waals surface area contributed by atoms with E-state index >= 15 is 0 Å². The van der Waals surface area contributed by atoms with Crippen molar-refractivity contribution in [1.82, 2.24) is 4.98 Å². The average molecular weight is 262 g/mol. The van der Waals surface area contributed by atoms with Crippen molar-refractivity contribution >= 4 is 11.3 Å². The number of nitrogens with zero attached hydrogens (tertiary/aromatic N) is 1. The van der Waals surface area contributed by atoms with Crippen LogP contribution in [0.1, 0.15) is 16.9 Å². The molecule has 96 valence electrons. The molecule has 0 saturated carbocycles. The Morgan fingerprint density at radius 1 is 1.33 bits per heavy atom. The van der Waals surface area contributed by atoms with Gasteiger partial charge in [-0.05, 0) is 37.0 Å². The molecule has 0 spiro atoms. The van der Waals surface area contributed by atoms with Crippen LogP contribution in [-0.4, -0.2) is 18.1 Å². The quantitative estimate of drug-likeness (QED) is 0.870. The number of hydrogen-bond donors (Lipinski definition) is 1. The third kappa shape index (κ3) is 3.82. The molecular weight excluding hydrogens is 244 g/mol. The van der Waals surface area contributed by atoms with Gasteiger partial charge >= 0.3 is 0 Å². The van der Waals surface area contributed by atoms with Gasteiger partial charge < -0.3 is 10.5 Å². The van der Waals surface area contributed by atoms with E-state index in [0.717, 1.165) is 25.0 Å². The molecule has 1 atom stereocenters. The second-order valence-electron chi connectivity index (χ2n) is 4.32. The molecule has 1 unspecified atom stereocenters. The molecule has 0 radical (unpaired) electrons. The largest absolute Gasteiger partial charge is 0.497 e. The highest BCUT2D eigenvalue weighted by atomic mass is 32.1. The van der Waals surface area contributed by atoms with E-state index in [2.05, 4.69) is 17.1 Å². The summed E-state index contributed by atoms with van der Waals surface area (Å²) in [6.07, 6.45) is 4.81. The van der Waals surface area contributed by atoms with Crippen molar-refractivity contribution in [3.05, 3.63) is 46.4 Å². The third-order valence-electron chi connectivity index (χ3n) is 2.91. The van der Waals surface area contributed by atoms with Crippen LogP contribution in [0.2, 0.25) is 0 Å². The van der Waals surface area contributed by atoms with Crippen molar-refractivity contribution < 1.29 is 4.74 Å². The van der Waals surface area contributed by atoms with Crippen molar-refractivity contribution in [2.75, 3.05) is 7.11 Å². The summed E-state index contributed by atoms with van der Waals surface area (Å²) in [4.78, 5) is 5.32. The Balaban J connectivity index is 1.79. The lowest BCUT2D eigenvalue weighted by molar-refractivity contribution is 0.414. The summed E-state index contributed by atoms with van der Waals surface area (Å²) in [7, 11) is 1.68. The molecule has 2 rings (SSSR count). The lowest BCUT2D eigenvalue weighted by Crippen LogP contribution is -2.23. The second kappa shape index (κ2) is 6.52. The van der Waals surface area contributed by atoms with Gasteiger partial charge in [-0.3, -0.25) is 4.98 Å². The summed E-state index contributed by atoms with van der Waals surface area (Å²) in [6.45, 7) is 0. The Bertz CT molecular complexity index is 453. The number of aromatic nitrogens is 1. The molecule has 1 aromatic heterocycles. The molecule has 18 heavy (non-hydrogen) atoms. The van der Waals surface area contributed by atoms with Crippen molar-refractivity contribution in [2.45, 2.75) is 25.3 Å². The summed E-state index contributed by atoms with van der Waals surface area (Å²) in [5, 5.41) is 0. The lowest BCUT2D eigenvalue weighted by atomic mass is 10.0. The summed E-state index contributed by atoms with van der Waals surface area (Å²) in [5.41, 5.74) is 9.28. The normalized spacial score (nSPS) is 12.3. The van der Waals surface area contributed by atoms with E-state index < -0.39 is 0 Å². The van der Waals surface area contributed by atoms with E-state index in [1.54, 1.807) is 18.4 Å². The van der Waals surface area contributed by atoms with Gasteiger partial charge in [-0.2, -0.15) is 0 Å². The van der Waals surface area contributed by atoms with E-state index in [9.17, 15) is 0 Å². The van der Waals surface area contributed by atoms with Gasteiger partial charge in [-0.15, -0.1) is 11.3 Å². The number of ether oxygens (including phenoxy) is 1. The molecule has 2 aromatic rings. The first-order valence-corrected chi connectivity index (χ1v) is 6.92. The SMILES string of the molecule is COc1ccc(CCC(N)Cc2cncs2)cc1. The molecule has 3 nitrogen and oxygen atoms in total. The Labute approximate surface area is 112 Å². The van der Waals surface area contributed by atoms with Gasteiger partial charge in [-0.1, -0.05) is 12.1 Å². The molecule has 1 heterocycles. The number of hydrogen-bond acceptors (Lipinski definition) is 4. The zero-order chi connectivity index (χ0) is 12.8. The highest BCUT2D eigenvalue weighted by Gasteiger charge is 2.06. The number of benzene rings is 1. The van der Waals surface area contributed by atoms with E-state index in [0.29, 0.717) is 0 Å². The van der Waals surface area contributed by atoms with Gasteiger partial charge in [0.2, 0.25) is 0 Å². The molecule has 1 aromatic carbocycles. The molecule has 0 fully saturated rings. The van der Waals surface area contributed by atoms with Crippen molar-refractivity contribution in [3.63, 3.8) is 0 Å². The van der Waals surface area contributed by atoms with Crippen LogP contribution in [0.15, 0.2) is 36.0 Å². The Morgan fingerprint density at radius 2 is 2.11 bits per heavy atom. The molecule has 0 aliphatic carbocycles. The summed E-state index contributed by atoms with van der Waals surface area (Å²) < 4.78 is 5.13. The highest BCUT2D eigenvalue weighted by molar-refractivity contribution is 7.09. The minimum atomic E-state index is 0.201.